The Bertz CT molecular complexity index is 1190. The van der Waals surface area contributed by atoms with Gasteiger partial charge in [0.1, 0.15) is 5.82 Å². The van der Waals surface area contributed by atoms with Gasteiger partial charge < -0.3 is 4.90 Å². The fraction of sp³-hybridized carbons (Fsp3) is 0.273. The van der Waals surface area contributed by atoms with Gasteiger partial charge in [-0.3, -0.25) is 4.79 Å². The molecule has 1 saturated heterocycles. The maximum Gasteiger partial charge on any atom is 0.271 e. The number of anilines is 1. The van der Waals surface area contributed by atoms with E-state index < -0.39 is 10.0 Å². The molecule has 8 heteroatoms. The lowest BCUT2D eigenvalue weighted by Crippen LogP contribution is -2.36. The molecule has 0 atom stereocenters. The van der Waals surface area contributed by atoms with Crippen LogP contribution in [-0.4, -0.2) is 48.7 Å². The molecule has 1 aromatic heterocycles. The van der Waals surface area contributed by atoms with Crippen molar-refractivity contribution < 1.29 is 8.42 Å². The van der Waals surface area contributed by atoms with Gasteiger partial charge in [0.05, 0.1) is 10.6 Å². The summed E-state index contributed by atoms with van der Waals surface area (Å²) in [7, 11) is -3.54. The summed E-state index contributed by atoms with van der Waals surface area (Å²) >= 11 is 0. The van der Waals surface area contributed by atoms with Crippen LogP contribution in [0.15, 0.2) is 76.4 Å². The monoisotopic (exact) mass is 424 g/mol. The average Bonchev–Trinajstić information content (AvgIpc) is 3.02. The van der Waals surface area contributed by atoms with Gasteiger partial charge in [0, 0.05) is 32.2 Å². The zero-order valence-corrected chi connectivity index (χ0v) is 17.6. The van der Waals surface area contributed by atoms with E-state index in [1.165, 1.54) is 15.1 Å². The third-order valence-electron chi connectivity index (χ3n) is 5.19. The number of nitrogens with zero attached hydrogens (tertiary/aromatic N) is 4. The Morgan fingerprint density at radius 3 is 2.43 bits per heavy atom. The number of sulfonamides is 1. The molecule has 0 aliphatic carbocycles. The van der Waals surface area contributed by atoms with Crippen LogP contribution in [0.1, 0.15) is 12.0 Å². The molecule has 1 fully saturated rings. The highest BCUT2D eigenvalue weighted by Crippen LogP contribution is 2.20. The van der Waals surface area contributed by atoms with Gasteiger partial charge in [-0.25, -0.2) is 8.42 Å². The highest BCUT2D eigenvalue weighted by atomic mass is 32.2. The molecular weight excluding hydrogens is 400 g/mol. The van der Waals surface area contributed by atoms with Crippen molar-refractivity contribution in [2.75, 3.05) is 31.1 Å². The van der Waals surface area contributed by atoms with Crippen LogP contribution in [0.2, 0.25) is 0 Å². The Labute approximate surface area is 176 Å². The number of hydrogen-bond acceptors (Lipinski definition) is 5. The lowest BCUT2D eigenvalue weighted by molar-refractivity contribution is 0.433. The van der Waals surface area contributed by atoms with Gasteiger partial charge in [-0.1, -0.05) is 30.3 Å². The third kappa shape index (κ3) is 4.15. The summed E-state index contributed by atoms with van der Waals surface area (Å²) in [6.45, 7) is 3.87. The van der Waals surface area contributed by atoms with Crippen LogP contribution in [0, 0.1) is 6.92 Å². The molecular formula is C22H24N4O3S. The summed E-state index contributed by atoms with van der Waals surface area (Å²) in [5.41, 5.74) is 1.41. The maximum atomic E-state index is 13.1. The highest BCUT2D eigenvalue weighted by Gasteiger charge is 2.27. The van der Waals surface area contributed by atoms with E-state index in [-0.39, 0.29) is 5.56 Å². The van der Waals surface area contributed by atoms with E-state index in [2.05, 4.69) is 5.10 Å². The van der Waals surface area contributed by atoms with E-state index in [4.69, 9.17) is 0 Å². The Hall–Kier alpha value is -2.97. The summed E-state index contributed by atoms with van der Waals surface area (Å²) in [5.74, 6) is 0.660. The Morgan fingerprint density at radius 2 is 1.67 bits per heavy atom. The van der Waals surface area contributed by atoms with Crippen LogP contribution in [0.4, 0.5) is 5.82 Å². The lowest BCUT2D eigenvalue weighted by atomic mass is 10.2. The fourth-order valence-electron chi connectivity index (χ4n) is 3.61. The zero-order valence-electron chi connectivity index (χ0n) is 16.8. The van der Waals surface area contributed by atoms with Gasteiger partial charge in [-0.05, 0) is 49.2 Å². The van der Waals surface area contributed by atoms with Crippen LogP contribution < -0.4 is 10.5 Å². The average molecular weight is 425 g/mol. The molecule has 7 nitrogen and oxygen atoms in total. The van der Waals surface area contributed by atoms with Crippen molar-refractivity contribution in [1.29, 1.82) is 0 Å². The minimum Gasteiger partial charge on any atom is -0.354 e. The predicted octanol–water partition coefficient (Wildman–Crippen LogP) is 2.44. The van der Waals surface area contributed by atoms with E-state index >= 15 is 0 Å². The van der Waals surface area contributed by atoms with Gasteiger partial charge >= 0.3 is 0 Å². The predicted molar refractivity (Wildman–Crippen MR) is 117 cm³/mol. The summed E-state index contributed by atoms with van der Waals surface area (Å²) in [6, 6.07) is 19.5. The molecule has 30 heavy (non-hydrogen) atoms. The normalized spacial score (nSPS) is 15.7. The van der Waals surface area contributed by atoms with Gasteiger partial charge in [0.2, 0.25) is 10.0 Å². The summed E-state index contributed by atoms with van der Waals surface area (Å²) in [5, 5.41) is 4.53. The minimum atomic E-state index is -3.54. The zero-order chi connectivity index (χ0) is 21.1. The summed E-state index contributed by atoms with van der Waals surface area (Å²) in [4.78, 5) is 14.6. The molecule has 0 amide bonds. The second kappa shape index (κ2) is 8.41. The number of para-hydroxylation sites is 1. The molecule has 0 saturated carbocycles. The van der Waals surface area contributed by atoms with Crippen molar-refractivity contribution in [2.45, 2.75) is 18.2 Å². The molecule has 4 rings (SSSR count). The van der Waals surface area contributed by atoms with Crippen molar-refractivity contribution in [3.63, 3.8) is 0 Å². The molecule has 0 N–H and O–H groups in total. The number of aromatic nitrogens is 2. The molecule has 0 radical (unpaired) electrons. The largest absolute Gasteiger partial charge is 0.354 e. The molecule has 0 unspecified atom stereocenters. The quantitative estimate of drug-likeness (QED) is 0.643. The maximum absolute atomic E-state index is 13.1. The highest BCUT2D eigenvalue weighted by molar-refractivity contribution is 7.89. The van der Waals surface area contributed by atoms with Crippen LogP contribution >= 0.6 is 0 Å². The topological polar surface area (TPSA) is 75.5 Å². The van der Waals surface area contributed by atoms with Gasteiger partial charge in [-0.15, -0.1) is 5.10 Å². The smallest absolute Gasteiger partial charge is 0.271 e. The molecule has 3 aromatic rings. The minimum absolute atomic E-state index is 0.205. The molecule has 156 valence electrons. The first kappa shape index (κ1) is 20.3. The molecule has 2 aromatic carbocycles. The number of rotatable bonds is 4. The Balaban J connectivity index is 1.56. The van der Waals surface area contributed by atoms with E-state index in [1.54, 1.807) is 24.3 Å². The van der Waals surface area contributed by atoms with Crippen molar-refractivity contribution in [2.24, 2.45) is 0 Å². The second-order valence-electron chi connectivity index (χ2n) is 7.34. The molecule has 1 aliphatic rings. The molecule has 1 aliphatic heterocycles. The molecule has 0 bridgehead atoms. The summed E-state index contributed by atoms with van der Waals surface area (Å²) in [6.07, 6.45) is 0.678. The van der Waals surface area contributed by atoms with E-state index in [9.17, 15) is 13.2 Å². The SMILES string of the molecule is Cc1cccc(S(=O)(=O)N2CCCN(c3ccc(=O)n(-c4ccccc4)n3)CC2)c1. The number of benzene rings is 2. The third-order valence-corrected chi connectivity index (χ3v) is 7.09. The second-order valence-corrected chi connectivity index (χ2v) is 9.28. The van der Waals surface area contributed by atoms with Crippen LogP contribution in [-0.2, 0) is 10.0 Å². The first-order valence-corrected chi connectivity index (χ1v) is 11.4. The van der Waals surface area contributed by atoms with Gasteiger partial charge in [0.25, 0.3) is 5.56 Å². The Kier molecular flexibility index (Phi) is 5.69. The van der Waals surface area contributed by atoms with Crippen LogP contribution in [0.25, 0.3) is 5.69 Å². The Morgan fingerprint density at radius 1 is 0.867 bits per heavy atom. The van der Waals surface area contributed by atoms with E-state index in [1.807, 2.05) is 48.2 Å². The van der Waals surface area contributed by atoms with E-state index in [0.717, 1.165) is 5.56 Å². The lowest BCUT2D eigenvalue weighted by Gasteiger charge is -2.23. The molecule has 2 heterocycles. The standard InChI is InChI=1S/C22H24N4O3S/c1-18-7-5-10-20(17-18)30(28,29)25-14-6-13-24(15-16-25)21-11-12-22(27)26(23-21)19-8-3-2-4-9-19/h2-5,7-12,17H,6,13-16H2,1H3. The van der Waals surface area contributed by atoms with Gasteiger partial charge in [0.15, 0.2) is 0 Å². The number of hydrogen-bond donors (Lipinski definition) is 0. The van der Waals surface area contributed by atoms with Crippen molar-refractivity contribution in [1.82, 2.24) is 14.1 Å². The summed E-state index contributed by atoms with van der Waals surface area (Å²) < 4.78 is 29.0. The van der Waals surface area contributed by atoms with Crippen LogP contribution in [0.5, 0.6) is 0 Å². The van der Waals surface area contributed by atoms with Crippen molar-refractivity contribution in [3.8, 4) is 5.69 Å². The van der Waals surface area contributed by atoms with Crippen molar-refractivity contribution >= 4 is 15.8 Å². The van der Waals surface area contributed by atoms with Gasteiger partial charge in [-0.2, -0.15) is 8.99 Å². The molecule has 0 spiro atoms. The number of aryl methyl sites for hydroxylation is 1. The van der Waals surface area contributed by atoms with E-state index in [0.29, 0.717) is 49.0 Å². The van der Waals surface area contributed by atoms with Crippen molar-refractivity contribution in [3.05, 3.63) is 82.6 Å². The van der Waals surface area contributed by atoms with Crippen LogP contribution in [0.3, 0.4) is 0 Å². The first-order chi connectivity index (χ1) is 14.4. The first-order valence-electron chi connectivity index (χ1n) is 9.93. The fourth-order valence-corrected chi connectivity index (χ4v) is 5.19.